The van der Waals surface area contributed by atoms with Crippen molar-refractivity contribution in [1.29, 1.82) is 0 Å². The van der Waals surface area contributed by atoms with Crippen LogP contribution in [0.15, 0.2) is 24.8 Å². The number of hydrogen-bond acceptors (Lipinski definition) is 3. The van der Waals surface area contributed by atoms with Crippen LogP contribution in [0.4, 0.5) is 35.1 Å². The minimum absolute atomic E-state index is 0.613. The number of carboxylic acid groups (broad SMARTS) is 1. The molecule has 0 rings (SSSR count). The van der Waals surface area contributed by atoms with Crippen molar-refractivity contribution in [3.8, 4) is 0 Å². The number of rotatable bonds is 8. The number of esters is 1. The molecule has 140 valence electrons. The highest BCUT2D eigenvalue weighted by atomic mass is 19.3. The number of hydrogen-bond donors (Lipinski definition) is 1. The largest absolute Gasteiger partial charge is 0.478 e. The maximum Gasteiger partial charge on any atom is 0.340 e. The maximum absolute atomic E-state index is 12.1. The van der Waals surface area contributed by atoms with Gasteiger partial charge in [0, 0.05) is 18.1 Å². The molecule has 0 saturated carbocycles. The van der Waals surface area contributed by atoms with Crippen molar-refractivity contribution in [1.82, 2.24) is 0 Å². The average Bonchev–Trinajstić information content (AvgIpc) is 2.44. The number of halogens is 8. The lowest BCUT2D eigenvalue weighted by Gasteiger charge is -2.14. The van der Waals surface area contributed by atoms with Crippen LogP contribution in [-0.2, 0) is 14.3 Å². The molecule has 4 nitrogen and oxygen atoms in total. The fourth-order valence-electron chi connectivity index (χ4n) is 0.727. The first-order chi connectivity index (χ1) is 10.7. The molecule has 0 amide bonds. The van der Waals surface area contributed by atoms with E-state index in [1.807, 2.05) is 0 Å². The Bertz CT molecular complexity index is 460. The van der Waals surface area contributed by atoms with Gasteiger partial charge in [-0.2, -0.15) is 17.6 Å². The molecule has 0 radical (unpaired) electrons. The van der Waals surface area contributed by atoms with Crippen molar-refractivity contribution in [3.63, 3.8) is 0 Å². The van der Waals surface area contributed by atoms with Gasteiger partial charge in [-0.1, -0.05) is 13.2 Å². The van der Waals surface area contributed by atoms with E-state index in [1.54, 1.807) is 0 Å². The lowest BCUT2D eigenvalue weighted by Crippen LogP contribution is -2.33. The smallest absolute Gasteiger partial charge is 0.340 e. The fraction of sp³-hybridized carbons (Fsp3) is 0.500. The molecular formula is C12H12F8O4. The van der Waals surface area contributed by atoms with Crippen LogP contribution >= 0.6 is 0 Å². The molecule has 0 saturated heterocycles. The molecule has 24 heavy (non-hydrogen) atoms. The van der Waals surface area contributed by atoms with Crippen molar-refractivity contribution in [2.45, 2.75) is 31.1 Å². The molecule has 0 bridgehead atoms. The molecule has 0 fully saturated rings. The van der Waals surface area contributed by atoms with Crippen molar-refractivity contribution in [2.75, 3.05) is 6.61 Å². The second-order valence-corrected chi connectivity index (χ2v) is 4.02. The third-order valence-corrected chi connectivity index (χ3v) is 1.96. The number of ether oxygens (including phenoxy) is 1. The van der Waals surface area contributed by atoms with Crippen LogP contribution in [-0.4, -0.2) is 48.3 Å². The third-order valence-electron chi connectivity index (χ3n) is 1.96. The summed E-state index contributed by atoms with van der Waals surface area (Å²) in [6, 6.07) is 0. The van der Waals surface area contributed by atoms with E-state index in [2.05, 4.69) is 17.9 Å². The second kappa shape index (κ2) is 9.88. The van der Waals surface area contributed by atoms with Gasteiger partial charge in [0.2, 0.25) is 0 Å². The van der Waals surface area contributed by atoms with Crippen molar-refractivity contribution >= 4 is 11.9 Å². The Balaban J connectivity index is 0. The average molecular weight is 372 g/mol. The quantitative estimate of drug-likeness (QED) is 0.402. The lowest BCUT2D eigenvalue weighted by molar-refractivity contribution is -0.176. The molecule has 0 aliphatic rings. The molecule has 0 heterocycles. The minimum Gasteiger partial charge on any atom is -0.478 e. The molecule has 0 aromatic heterocycles. The Morgan fingerprint density at radius 3 is 1.75 bits per heavy atom. The molecule has 0 aliphatic carbocycles. The highest BCUT2D eigenvalue weighted by Gasteiger charge is 2.42. The van der Waals surface area contributed by atoms with Gasteiger partial charge in [0.05, 0.1) is 0 Å². The summed E-state index contributed by atoms with van der Waals surface area (Å²) in [6.07, 6.45) is -8.62. The molecule has 1 N–H and O–H groups in total. The highest BCUT2D eigenvalue weighted by molar-refractivity contribution is 5.85. The predicted molar refractivity (Wildman–Crippen MR) is 64.5 cm³/mol. The van der Waals surface area contributed by atoms with Crippen LogP contribution in [0.2, 0.25) is 0 Å². The predicted octanol–water partition coefficient (Wildman–Crippen LogP) is 3.53. The molecule has 0 aromatic rings. The van der Waals surface area contributed by atoms with Gasteiger partial charge in [-0.15, -0.1) is 0 Å². The van der Waals surface area contributed by atoms with Gasteiger partial charge >= 0.3 is 36.6 Å². The Kier molecular flexibility index (Phi) is 9.93. The van der Waals surface area contributed by atoms with Crippen LogP contribution < -0.4 is 0 Å². The molecule has 0 atom stereocenters. The van der Waals surface area contributed by atoms with Crippen LogP contribution in [0.5, 0.6) is 0 Å². The summed E-state index contributed by atoms with van der Waals surface area (Å²) in [4.78, 5) is 20.1. The topological polar surface area (TPSA) is 63.6 Å². The van der Waals surface area contributed by atoms with E-state index in [0.717, 1.165) is 0 Å². The Morgan fingerprint density at radius 1 is 1.04 bits per heavy atom. The molecule has 0 aromatic carbocycles. The second-order valence-electron chi connectivity index (χ2n) is 4.02. The summed E-state index contributed by atoms with van der Waals surface area (Å²) in [6.45, 7) is 3.98. The van der Waals surface area contributed by atoms with Gasteiger partial charge in [-0.05, 0) is 0 Å². The van der Waals surface area contributed by atoms with Gasteiger partial charge < -0.3 is 9.84 Å². The van der Waals surface area contributed by atoms with Crippen LogP contribution in [0.3, 0.4) is 0 Å². The zero-order chi connectivity index (χ0) is 19.7. The SMILES string of the molecule is C=C(CC(F)(F)C(F)F)C(=O)O.C=CC(=O)OCC(F)(F)C(F)F. The molecule has 0 unspecified atom stereocenters. The number of carboxylic acids is 1. The number of carbonyl (C=O) groups excluding carboxylic acids is 1. The zero-order valence-corrected chi connectivity index (χ0v) is 11.8. The van der Waals surface area contributed by atoms with E-state index in [-0.39, 0.29) is 0 Å². The Hall–Kier alpha value is -2.14. The highest BCUT2D eigenvalue weighted by Crippen LogP contribution is 2.29. The molecule has 0 aliphatic heterocycles. The van der Waals surface area contributed by atoms with Gasteiger partial charge in [-0.25, -0.2) is 27.2 Å². The van der Waals surface area contributed by atoms with E-state index in [4.69, 9.17) is 5.11 Å². The van der Waals surface area contributed by atoms with E-state index >= 15 is 0 Å². The summed E-state index contributed by atoms with van der Waals surface area (Å²) >= 11 is 0. The van der Waals surface area contributed by atoms with Crippen molar-refractivity contribution in [3.05, 3.63) is 24.8 Å². The first kappa shape index (κ1) is 24.1. The Labute approximate surface area is 130 Å². The van der Waals surface area contributed by atoms with E-state index in [9.17, 15) is 44.7 Å². The van der Waals surface area contributed by atoms with Gasteiger partial charge in [0.1, 0.15) is 0 Å². The first-order valence-electron chi connectivity index (χ1n) is 5.69. The van der Waals surface area contributed by atoms with Crippen LogP contribution in [0, 0.1) is 0 Å². The summed E-state index contributed by atoms with van der Waals surface area (Å²) in [7, 11) is 0. The number of carbonyl (C=O) groups is 2. The number of alkyl halides is 8. The fourth-order valence-corrected chi connectivity index (χ4v) is 0.727. The zero-order valence-electron chi connectivity index (χ0n) is 11.8. The third kappa shape index (κ3) is 9.79. The molecule has 12 heteroatoms. The summed E-state index contributed by atoms with van der Waals surface area (Å²) in [5, 5.41) is 8.05. The summed E-state index contributed by atoms with van der Waals surface area (Å²) in [5.74, 6) is -11.5. The van der Waals surface area contributed by atoms with Crippen molar-refractivity contribution < 1.29 is 54.6 Å². The molecular weight excluding hydrogens is 360 g/mol. The van der Waals surface area contributed by atoms with Crippen LogP contribution in [0.25, 0.3) is 0 Å². The van der Waals surface area contributed by atoms with Gasteiger partial charge in [0.25, 0.3) is 0 Å². The minimum atomic E-state index is -4.31. The number of aliphatic carboxylic acids is 1. The van der Waals surface area contributed by atoms with Crippen molar-refractivity contribution in [2.24, 2.45) is 0 Å². The summed E-state index contributed by atoms with van der Waals surface area (Å²) < 4.78 is 97.6. The van der Waals surface area contributed by atoms with E-state index in [1.165, 1.54) is 0 Å². The van der Waals surface area contributed by atoms with Gasteiger partial charge in [-0.3, -0.25) is 0 Å². The summed E-state index contributed by atoms with van der Waals surface area (Å²) in [5.41, 5.74) is -0.930. The maximum atomic E-state index is 12.1. The lowest BCUT2D eigenvalue weighted by atomic mass is 10.1. The molecule has 0 spiro atoms. The standard InChI is InChI=1S/2C6H6F4O2/c1-3(4(11)12)2-6(9,10)5(7)8;1-2-4(11)12-3-6(9,10)5(7)8/h5H,1-2H2,(H,11,12);2,5H,1,3H2. The first-order valence-corrected chi connectivity index (χ1v) is 5.69. The monoisotopic (exact) mass is 372 g/mol. The Morgan fingerprint density at radius 2 is 1.46 bits per heavy atom. The van der Waals surface area contributed by atoms with Gasteiger partial charge in [0.15, 0.2) is 6.61 Å². The van der Waals surface area contributed by atoms with Crippen LogP contribution in [0.1, 0.15) is 6.42 Å². The normalized spacial score (nSPS) is 11.6. The van der Waals surface area contributed by atoms with E-state index < -0.39 is 55.2 Å². The van der Waals surface area contributed by atoms with E-state index in [0.29, 0.717) is 6.08 Å².